The van der Waals surface area contributed by atoms with E-state index in [4.69, 9.17) is 4.74 Å². The van der Waals surface area contributed by atoms with Gasteiger partial charge < -0.3 is 9.84 Å². The van der Waals surface area contributed by atoms with Crippen molar-refractivity contribution >= 4 is 9.84 Å². The molecule has 2 atom stereocenters. The van der Waals surface area contributed by atoms with Crippen molar-refractivity contribution in [2.75, 3.05) is 7.11 Å². The summed E-state index contributed by atoms with van der Waals surface area (Å²) in [6.07, 6.45) is 1.78. The van der Waals surface area contributed by atoms with Crippen molar-refractivity contribution in [2.45, 2.75) is 29.8 Å². The van der Waals surface area contributed by atoms with Gasteiger partial charge in [0.15, 0.2) is 0 Å². The predicted octanol–water partition coefficient (Wildman–Crippen LogP) is 3.29. The molecule has 0 saturated heterocycles. The number of para-hydroxylation sites is 1. The van der Waals surface area contributed by atoms with Gasteiger partial charge in [0.1, 0.15) is 5.75 Å². The first-order chi connectivity index (χ1) is 11.5. The Labute approximate surface area is 142 Å². The number of ether oxygens (including phenoxy) is 1. The van der Waals surface area contributed by atoms with E-state index in [1.54, 1.807) is 43.5 Å². The molecule has 0 saturated carbocycles. The summed E-state index contributed by atoms with van der Waals surface area (Å²) in [7, 11) is -2.10. The van der Waals surface area contributed by atoms with Crippen molar-refractivity contribution in [1.29, 1.82) is 0 Å². The lowest BCUT2D eigenvalue weighted by molar-refractivity contribution is 0.195. The van der Waals surface area contributed by atoms with Gasteiger partial charge >= 0.3 is 0 Å². The van der Waals surface area contributed by atoms with Crippen molar-refractivity contribution in [2.24, 2.45) is 0 Å². The first-order valence-electron chi connectivity index (χ1n) is 7.87. The highest BCUT2D eigenvalue weighted by molar-refractivity contribution is 7.95. The summed E-state index contributed by atoms with van der Waals surface area (Å²) in [5.41, 5.74) is 0.938. The molecule has 0 radical (unpaired) electrons. The number of aliphatic hydroxyl groups excluding tert-OH is 1. The van der Waals surface area contributed by atoms with Crippen LogP contribution >= 0.6 is 0 Å². The van der Waals surface area contributed by atoms with Crippen molar-refractivity contribution < 1.29 is 18.3 Å². The van der Waals surface area contributed by atoms with Crippen LogP contribution < -0.4 is 4.74 Å². The van der Waals surface area contributed by atoms with E-state index in [0.29, 0.717) is 12.8 Å². The summed E-state index contributed by atoms with van der Waals surface area (Å²) >= 11 is 0. The number of sulfone groups is 1. The van der Waals surface area contributed by atoms with Crippen LogP contribution in [0.15, 0.2) is 70.5 Å². The third kappa shape index (κ3) is 3.09. The monoisotopic (exact) mass is 344 g/mol. The minimum absolute atomic E-state index is 0.0795. The normalized spacial score (nSPS) is 21.2. The van der Waals surface area contributed by atoms with Crippen LogP contribution in [0.5, 0.6) is 5.75 Å². The SMILES string of the molecule is COc1ccccc1[C@H]1C=C(S(=O)(=O)c2ccccc2)[C@@H](O)CC1. The van der Waals surface area contributed by atoms with Crippen molar-refractivity contribution in [3.8, 4) is 5.75 Å². The summed E-state index contributed by atoms with van der Waals surface area (Å²) in [6, 6.07) is 15.8. The van der Waals surface area contributed by atoms with Crippen LogP contribution in [-0.4, -0.2) is 26.7 Å². The predicted molar refractivity (Wildman–Crippen MR) is 92.7 cm³/mol. The molecular weight excluding hydrogens is 324 g/mol. The molecule has 126 valence electrons. The number of benzene rings is 2. The second-order valence-electron chi connectivity index (χ2n) is 5.83. The molecule has 2 aromatic rings. The Morgan fingerprint density at radius 3 is 2.38 bits per heavy atom. The highest BCUT2D eigenvalue weighted by atomic mass is 32.2. The summed E-state index contributed by atoms with van der Waals surface area (Å²) < 4.78 is 31.1. The maximum absolute atomic E-state index is 12.9. The topological polar surface area (TPSA) is 63.6 Å². The Morgan fingerprint density at radius 1 is 1.00 bits per heavy atom. The summed E-state index contributed by atoms with van der Waals surface area (Å²) in [5.74, 6) is 0.629. The summed E-state index contributed by atoms with van der Waals surface area (Å²) in [6.45, 7) is 0. The first-order valence-corrected chi connectivity index (χ1v) is 9.35. The molecule has 3 rings (SSSR count). The molecule has 1 aliphatic rings. The lowest BCUT2D eigenvalue weighted by atomic mass is 9.87. The first kappa shape index (κ1) is 16.7. The average molecular weight is 344 g/mol. The van der Waals surface area contributed by atoms with Gasteiger partial charge in [-0.2, -0.15) is 0 Å². The van der Waals surface area contributed by atoms with Crippen molar-refractivity contribution in [3.63, 3.8) is 0 Å². The second-order valence-corrected chi connectivity index (χ2v) is 7.78. The molecule has 0 spiro atoms. The van der Waals surface area contributed by atoms with Crippen molar-refractivity contribution in [3.05, 3.63) is 71.1 Å². The van der Waals surface area contributed by atoms with Gasteiger partial charge in [-0.1, -0.05) is 42.5 Å². The Morgan fingerprint density at radius 2 is 1.67 bits per heavy atom. The highest BCUT2D eigenvalue weighted by Gasteiger charge is 2.32. The Balaban J connectivity index is 2.05. The van der Waals surface area contributed by atoms with Gasteiger partial charge in [-0.05, 0) is 31.0 Å². The number of rotatable bonds is 4. The van der Waals surface area contributed by atoms with E-state index in [2.05, 4.69) is 0 Å². The van der Waals surface area contributed by atoms with Crippen molar-refractivity contribution in [1.82, 2.24) is 0 Å². The molecule has 0 bridgehead atoms. The van der Waals surface area contributed by atoms with Crippen LogP contribution in [0.25, 0.3) is 0 Å². The van der Waals surface area contributed by atoms with Crippen LogP contribution in [0.3, 0.4) is 0 Å². The largest absolute Gasteiger partial charge is 0.496 e. The lowest BCUT2D eigenvalue weighted by Gasteiger charge is -2.26. The van der Waals surface area contributed by atoms with Gasteiger partial charge in [0, 0.05) is 11.5 Å². The summed E-state index contributed by atoms with van der Waals surface area (Å²) in [5, 5.41) is 10.3. The van der Waals surface area contributed by atoms with E-state index in [1.807, 2.05) is 24.3 Å². The average Bonchev–Trinajstić information content (AvgIpc) is 2.62. The van der Waals surface area contributed by atoms with E-state index in [0.717, 1.165) is 11.3 Å². The smallest absolute Gasteiger partial charge is 0.205 e. The molecule has 5 heteroatoms. The Kier molecular flexibility index (Phi) is 4.73. The van der Waals surface area contributed by atoms with Gasteiger partial charge in [-0.3, -0.25) is 0 Å². The maximum Gasteiger partial charge on any atom is 0.205 e. The van der Waals surface area contributed by atoms with Gasteiger partial charge in [0.2, 0.25) is 9.84 Å². The molecule has 0 aromatic heterocycles. The van der Waals surface area contributed by atoms with E-state index in [-0.39, 0.29) is 15.7 Å². The number of hydrogen-bond acceptors (Lipinski definition) is 4. The van der Waals surface area contributed by atoms with Gasteiger partial charge in [-0.25, -0.2) is 8.42 Å². The fourth-order valence-corrected chi connectivity index (χ4v) is 4.70. The molecule has 1 aliphatic carbocycles. The lowest BCUT2D eigenvalue weighted by Crippen LogP contribution is -2.24. The molecule has 4 nitrogen and oxygen atoms in total. The second kappa shape index (κ2) is 6.79. The van der Waals surface area contributed by atoms with E-state index >= 15 is 0 Å². The van der Waals surface area contributed by atoms with Crippen LogP contribution in [0.2, 0.25) is 0 Å². The fraction of sp³-hybridized carbons (Fsp3) is 0.263. The Bertz CT molecular complexity index is 841. The molecule has 0 aliphatic heterocycles. The number of hydrogen-bond donors (Lipinski definition) is 1. The minimum atomic E-state index is -3.70. The summed E-state index contributed by atoms with van der Waals surface area (Å²) in [4.78, 5) is 0.284. The quantitative estimate of drug-likeness (QED) is 0.924. The molecule has 0 amide bonds. The van der Waals surface area contributed by atoms with Crippen LogP contribution in [-0.2, 0) is 9.84 Å². The van der Waals surface area contributed by atoms with Crippen LogP contribution in [0, 0.1) is 0 Å². The zero-order valence-electron chi connectivity index (χ0n) is 13.4. The molecule has 2 aromatic carbocycles. The van der Waals surface area contributed by atoms with Gasteiger partial charge in [0.05, 0.1) is 23.0 Å². The maximum atomic E-state index is 12.9. The van der Waals surface area contributed by atoms with E-state index in [9.17, 15) is 13.5 Å². The molecule has 0 heterocycles. The molecule has 1 N–H and O–H groups in total. The number of methoxy groups -OCH3 is 1. The van der Waals surface area contributed by atoms with E-state index < -0.39 is 15.9 Å². The van der Waals surface area contributed by atoms with Crippen LogP contribution in [0.1, 0.15) is 24.3 Å². The third-order valence-electron chi connectivity index (χ3n) is 4.35. The number of allylic oxidation sites excluding steroid dienone is 1. The van der Waals surface area contributed by atoms with Gasteiger partial charge in [0.25, 0.3) is 0 Å². The van der Waals surface area contributed by atoms with E-state index in [1.165, 1.54) is 0 Å². The minimum Gasteiger partial charge on any atom is -0.496 e. The molecule has 0 unspecified atom stereocenters. The molecule has 24 heavy (non-hydrogen) atoms. The van der Waals surface area contributed by atoms with Gasteiger partial charge in [-0.15, -0.1) is 0 Å². The third-order valence-corrected chi connectivity index (χ3v) is 6.27. The Hall–Kier alpha value is -2.11. The molecular formula is C19H20O4S. The fourth-order valence-electron chi connectivity index (χ4n) is 3.09. The highest BCUT2D eigenvalue weighted by Crippen LogP contribution is 2.38. The molecule has 0 fully saturated rings. The zero-order valence-corrected chi connectivity index (χ0v) is 14.2. The standard InChI is InChI=1S/C19H20O4S/c1-23-18-10-6-5-9-16(18)14-11-12-17(20)19(13-14)24(21,22)15-7-3-2-4-8-15/h2-10,13-14,17,20H,11-12H2,1H3/t14-,17+/m1/s1. The van der Waals surface area contributed by atoms with Crippen LogP contribution in [0.4, 0.5) is 0 Å². The zero-order chi connectivity index (χ0) is 17.2. The number of aliphatic hydroxyl groups is 1.